The van der Waals surface area contributed by atoms with Gasteiger partial charge in [-0.15, -0.1) is 0 Å². The number of ether oxygens (including phenoxy) is 2. The van der Waals surface area contributed by atoms with Crippen molar-refractivity contribution < 1.29 is 14.3 Å². The normalized spacial score (nSPS) is 29.7. The second kappa shape index (κ2) is 5.64. The lowest BCUT2D eigenvalue weighted by molar-refractivity contribution is -0.155. The summed E-state index contributed by atoms with van der Waals surface area (Å²) in [7, 11) is 0. The molecule has 4 heteroatoms. The van der Waals surface area contributed by atoms with Gasteiger partial charge in [0.15, 0.2) is 0 Å². The fourth-order valence-electron chi connectivity index (χ4n) is 1.72. The third kappa shape index (κ3) is 3.19. The van der Waals surface area contributed by atoms with Crippen molar-refractivity contribution in [1.82, 2.24) is 0 Å². The molecule has 1 fully saturated rings. The Hall–Kier alpha value is -0.610. The van der Waals surface area contributed by atoms with Crippen LogP contribution in [0.5, 0.6) is 0 Å². The predicted molar refractivity (Wildman–Crippen MR) is 61.9 cm³/mol. The van der Waals surface area contributed by atoms with E-state index >= 15 is 0 Å². The van der Waals surface area contributed by atoms with Crippen molar-refractivity contribution in [3.05, 3.63) is 0 Å². The minimum atomic E-state index is -0.655. The lowest BCUT2D eigenvalue weighted by atomic mass is 9.86. The van der Waals surface area contributed by atoms with Crippen LogP contribution in [0.3, 0.4) is 0 Å². The summed E-state index contributed by atoms with van der Waals surface area (Å²) in [5.74, 6) is 0.424. The Morgan fingerprint density at radius 2 is 2.31 bits per heavy atom. The molecule has 0 aromatic rings. The van der Waals surface area contributed by atoms with Crippen LogP contribution in [0.1, 0.15) is 33.6 Å². The Morgan fingerprint density at radius 3 is 2.81 bits per heavy atom. The van der Waals surface area contributed by atoms with E-state index < -0.39 is 5.41 Å². The van der Waals surface area contributed by atoms with Crippen molar-refractivity contribution in [3.8, 4) is 0 Å². The van der Waals surface area contributed by atoms with E-state index in [-0.39, 0.29) is 12.0 Å². The second-order valence-electron chi connectivity index (χ2n) is 5.21. The van der Waals surface area contributed by atoms with Crippen molar-refractivity contribution >= 4 is 5.97 Å². The topological polar surface area (TPSA) is 61.5 Å². The summed E-state index contributed by atoms with van der Waals surface area (Å²) in [5.41, 5.74) is 5.19. The zero-order valence-corrected chi connectivity index (χ0v) is 10.5. The highest BCUT2D eigenvalue weighted by atomic mass is 16.5. The molecule has 0 aromatic carbocycles. The fraction of sp³-hybridized carbons (Fsp3) is 0.917. The number of esters is 1. The zero-order valence-electron chi connectivity index (χ0n) is 10.5. The molecule has 2 atom stereocenters. The van der Waals surface area contributed by atoms with E-state index in [1.807, 2.05) is 6.92 Å². The van der Waals surface area contributed by atoms with Gasteiger partial charge in [-0.3, -0.25) is 4.79 Å². The van der Waals surface area contributed by atoms with Gasteiger partial charge in [0.05, 0.1) is 19.8 Å². The summed E-state index contributed by atoms with van der Waals surface area (Å²) in [6.07, 6.45) is 1.99. The highest BCUT2D eigenvalue weighted by Gasteiger charge is 2.45. The van der Waals surface area contributed by atoms with E-state index in [9.17, 15) is 4.79 Å². The maximum atomic E-state index is 11.8. The van der Waals surface area contributed by atoms with Crippen LogP contribution in [0.15, 0.2) is 0 Å². The molecule has 1 saturated heterocycles. The highest BCUT2D eigenvalue weighted by Crippen LogP contribution is 2.28. The number of hydrogen-bond acceptors (Lipinski definition) is 4. The van der Waals surface area contributed by atoms with Crippen LogP contribution < -0.4 is 5.73 Å². The average molecular weight is 229 g/mol. The third-order valence-corrected chi connectivity index (χ3v) is 3.14. The Labute approximate surface area is 97.5 Å². The molecule has 0 aliphatic carbocycles. The lowest BCUT2D eigenvalue weighted by Gasteiger charge is -2.24. The summed E-state index contributed by atoms with van der Waals surface area (Å²) in [6.45, 7) is 7.43. The van der Waals surface area contributed by atoms with Crippen LogP contribution in [-0.2, 0) is 14.3 Å². The first kappa shape index (κ1) is 13.5. The molecular weight excluding hydrogens is 206 g/mol. The smallest absolute Gasteiger partial charge is 0.315 e. The van der Waals surface area contributed by atoms with Gasteiger partial charge in [-0.1, -0.05) is 13.8 Å². The average Bonchev–Trinajstić information content (AvgIpc) is 2.55. The number of nitrogens with two attached hydrogens (primary N) is 1. The fourth-order valence-corrected chi connectivity index (χ4v) is 1.72. The molecule has 1 rings (SSSR count). The summed E-state index contributed by atoms with van der Waals surface area (Å²) >= 11 is 0. The summed E-state index contributed by atoms with van der Waals surface area (Å²) in [4.78, 5) is 11.8. The highest BCUT2D eigenvalue weighted by molar-refractivity contribution is 5.78. The van der Waals surface area contributed by atoms with E-state index in [1.54, 1.807) is 0 Å². The van der Waals surface area contributed by atoms with Crippen molar-refractivity contribution in [3.63, 3.8) is 0 Å². The molecule has 0 radical (unpaired) electrons. The minimum absolute atomic E-state index is 0.221. The van der Waals surface area contributed by atoms with E-state index in [0.717, 1.165) is 12.8 Å². The van der Waals surface area contributed by atoms with Crippen LogP contribution in [0.4, 0.5) is 0 Å². The quantitative estimate of drug-likeness (QED) is 0.570. The van der Waals surface area contributed by atoms with Crippen LogP contribution >= 0.6 is 0 Å². The Balaban J connectivity index is 2.29. The van der Waals surface area contributed by atoms with Crippen molar-refractivity contribution in [2.45, 2.75) is 39.7 Å². The number of rotatable bonds is 5. The van der Waals surface area contributed by atoms with Gasteiger partial charge in [-0.25, -0.2) is 0 Å². The number of carbonyl (C=O) groups excluding carboxylic acids is 1. The molecule has 2 N–H and O–H groups in total. The van der Waals surface area contributed by atoms with Gasteiger partial charge in [-0.2, -0.15) is 0 Å². The summed E-state index contributed by atoms with van der Waals surface area (Å²) in [5, 5.41) is 0. The maximum Gasteiger partial charge on any atom is 0.315 e. The van der Waals surface area contributed by atoms with Crippen molar-refractivity contribution in [2.24, 2.45) is 17.1 Å². The Kier molecular flexibility index (Phi) is 4.74. The summed E-state index contributed by atoms with van der Waals surface area (Å²) in [6, 6.07) is -0.245. The van der Waals surface area contributed by atoms with Crippen molar-refractivity contribution in [2.75, 3.05) is 19.8 Å². The molecule has 0 saturated carbocycles. The van der Waals surface area contributed by atoms with Crippen LogP contribution in [0.25, 0.3) is 0 Å². The van der Waals surface area contributed by atoms with E-state index in [2.05, 4.69) is 13.8 Å². The Morgan fingerprint density at radius 1 is 1.62 bits per heavy atom. The Bertz CT molecular complexity index is 242. The lowest BCUT2D eigenvalue weighted by Crippen LogP contribution is -2.45. The summed E-state index contributed by atoms with van der Waals surface area (Å²) < 4.78 is 10.5. The molecule has 0 amide bonds. The molecule has 0 bridgehead atoms. The van der Waals surface area contributed by atoms with E-state index in [0.29, 0.717) is 25.7 Å². The van der Waals surface area contributed by atoms with Gasteiger partial charge in [0, 0.05) is 6.04 Å². The molecule has 2 unspecified atom stereocenters. The van der Waals surface area contributed by atoms with E-state index in [1.165, 1.54) is 0 Å². The van der Waals surface area contributed by atoms with Gasteiger partial charge in [0.2, 0.25) is 0 Å². The van der Waals surface area contributed by atoms with Crippen LogP contribution in [-0.4, -0.2) is 31.8 Å². The van der Waals surface area contributed by atoms with Gasteiger partial charge in [0.25, 0.3) is 0 Å². The molecule has 0 spiro atoms. The monoisotopic (exact) mass is 229 g/mol. The van der Waals surface area contributed by atoms with Crippen molar-refractivity contribution in [1.29, 1.82) is 0 Å². The number of hydrogen-bond donors (Lipinski definition) is 1. The standard InChI is InChI=1S/C12H23NO3/c1-9(2)5-4-6-16-11(14)12(3)8-15-7-10(12)13/h9-10H,4-8,13H2,1-3H3. The SMILES string of the molecule is CC(C)CCCOC(=O)C1(C)COCC1N. The first-order valence-corrected chi connectivity index (χ1v) is 5.97. The molecule has 16 heavy (non-hydrogen) atoms. The third-order valence-electron chi connectivity index (χ3n) is 3.14. The van der Waals surface area contributed by atoms with Gasteiger partial charge in [-0.05, 0) is 25.7 Å². The van der Waals surface area contributed by atoms with Gasteiger partial charge >= 0.3 is 5.97 Å². The molecular formula is C12H23NO3. The molecule has 1 aliphatic rings. The zero-order chi connectivity index (χ0) is 12.2. The predicted octanol–water partition coefficient (Wildman–Crippen LogP) is 1.33. The van der Waals surface area contributed by atoms with Crippen LogP contribution in [0.2, 0.25) is 0 Å². The molecule has 1 aliphatic heterocycles. The first-order chi connectivity index (χ1) is 7.47. The molecule has 94 valence electrons. The first-order valence-electron chi connectivity index (χ1n) is 5.97. The second-order valence-corrected chi connectivity index (χ2v) is 5.21. The molecule has 0 aromatic heterocycles. The number of carbonyl (C=O) groups is 1. The van der Waals surface area contributed by atoms with E-state index in [4.69, 9.17) is 15.2 Å². The molecule has 1 heterocycles. The van der Waals surface area contributed by atoms with Gasteiger partial charge < -0.3 is 15.2 Å². The molecule has 4 nitrogen and oxygen atoms in total. The minimum Gasteiger partial charge on any atom is -0.465 e. The maximum absolute atomic E-state index is 11.8. The van der Waals surface area contributed by atoms with Gasteiger partial charge in [0.1, 0.15) is 5.41 Å². The van der Waals surface area contributed by atoms with Crippen LogP contribution in [0, 0.1) is 11.3 Å². The largest absolute Gasteiger partial charge is 0.465 e.